The van der Waals surface area contributed by atoms with Crippen LogP contribution in [-0.4, -0.2) is 168 Å². The van der Waals surface area contributed by atoms with Crippen molar-refractivity contribution < 1.29 is 53.1 Å². The Bertz CT molecular complexity index is 2490. The summed E-state index contributed by atoms with van der Waals surface area (Å²) in [5, 5.41) is 31.0. The van der Waals surface area contributed by atoms with Crippen LogP contribution < -0.4 is 71.2 Å². The molecule has 26 nitrogen and oxygen atoms in total. The van der Waals surface area contributed by atoms with E-state index in [4.69, 9.17) is 28.7 Å². The number of unbranched alkanes of at least 4 members (excludes halogenated alkanes) is 2. The number of guanidine groups is 1. The fourth-order valence-corrected chi connectivity index (χ4v) is 9.58. The van der Waals surface area contributed by atoms with Crippen LogP contribution in [-0.2, 0) is 60.8 Å². The number of carbonyl (C=O) groups is 10. The van der Waals surface area contributed by atoms with Gasteiger partial charge in [-0.3, -0.25) is 48.1 Å². The van der Waals surface area contributed by atoms with E-state index in [1.807, 2.05) is 6.92 Å². The van der Waals surface area contributed by atoms with Gasteiger partial charge in [0.05, 0.1) is 12.6 Å². The normalized spacial score (nSPS) is 16.2. The Kier molecular flexibility index (Phi) is 31.9. The van der Waals surface area contributed by atoms with Crippen molar-refractivity contribution in [1.82, 2.24) is 47.4 Å². The van der Waals surface area contributed by atoms with Crippen LogP contribution in [0.3, 0.4) is 0 Å². The molecule has 19 N–H and O–H groups in total. The van der Waals surface area contributed by atoms with E-state index in [9.17, 15) is 53.1 Å². The first-order chi connectivity index (χ1) is 40.0. The number of rotatable bonds is 38. The van der Waals surface area contributed by atoms with Crippen molar-refractivity contribution in [3.63, 3.8) is 0 Å². The summed E-state index contributed by atoms with van der Waals surface area (Å²) < 4.78 is 0. The van der Waals surface area contributed by atoms with Crippen LogP contribution >= 0.6 is 12.6 Å². The number of thiol groups is 1. The van der Waals surface area contributed by atoms with Crippen LogP contribution in [0.1, 0.15) is 109 Å². The Balaban J connectivity index is 1.83. The first-order valence-corrected chi connectivity index (χ1v) is 29.5. The summed E-state index contributed by atoms with van der Waals surface area (Å²) in [6, 6.07) is 6.92. The maximum absolute atomic E-state index is 14.8. The molecule has 0 aliphatic carbocycles. The third kappa shape index (κ3) is 24.5. The smallest absolute Gasteiger partial charge is 0.326 e. The predicted octanol–water partition coefficient (Wildman–Crippen LogP) is -1.67. The number of hydrogen-bond donors (Lipinski definition) is 15. The van der Waals surface area contributed by atoms with Gasteiger partial charge in [-0.15, -0.1) is 0 Å². The summed E-state index contributed by atoms with van der Waals surface area (Å²) >= 11 is 4.36. The Morgan fingerprint density at radius 3 is 1.73 bits per heavy atom. The number of aliphatic carboxylic acids is 1. The number of likely N-dealkylation sites (tertiary alicyclic amines) is 1. The largest absolute Gasteiger partial charge is 0.480 e. The van der Waals surface area contributed by atoms with E-state index in [2.05, 4.69) is 60.2 Å². The summed E-state index contributed by atoms with van der Waals surface area (Å²) in [5.74, 6) is -8.98. The van der Waals surface area contributed by atoms with E-state index in [0.29, 0.717) is 69.2 Å². The van der Waals surface area contributed by atoms with Gasteiger partial charge in [0.15, 0.2) is 5.96 Å². The maximum atomic E-state index is 14.8. The Labute approximate surface area is 497 Å². The standard InChI is InChI=1S/C57H91N15O11S/c1-5-35(4)47(54(80)67-41(30-36-18-8-6-9-19-36)49(75)64-32-45(73)65-40(56(82)83)23-13-15-27-59)71-53(79)46(34(2)3)70-52(78)44-25-17-29-72(44)55(81)42(31-37-20-10-7-11-21-37)68-51(77)43(33-84)69-50(76)39(24-16-28-63-57(61)62)66-48(74)38(60)22-12-14-26-58/h6-11,18-21,34-35,38-44,46-47,84H,5,12-17,22-33,58-60H2,1-4H3,(H,64,75)(H,65,73)(H,66,74)(H,67,80)(H,68,77)(H,69,76)(H,70,78)(H,71,79)(H,82,83)(H4,61,62,63)/t35-,38-,39-,40-,41-,42-,43-,44-,46-,47-/m0/s1. The van der Waals surface area contributed by atoms with Gasteiger partial charge >= 0.3 is 5.97 Å². The molecule has 1 aliphatic heterocycles. The number of carbonyl (C=O) groups excluding carboxylic acids is 9. The van der Waals surface area contributed by atoms with Gasteiger partial charge in [0.25, 0.3) is 0 Å². The molecule has 3 rings (SSSR count). The van der Waals surface area contributed by atoms with Gasteiger partial charge in [0.1, 0.15) is 48.3 Å². The molecule has 0 spiro atoms. The van der Waals surface area contributed by atoms with Crippen LogP contribution in [0.5, 0.6) is 0 Å². The molecule has 0 unspecified atom stereocenters. The van der Waals surface area contributed by atoms with Gasteiger partial charge < -0.3 is 81.2 Å². The van der Waals surface area contributed by atoms with Gasteiger partial charge in [-0.1, -0.05) is 101 Å². The van der Waals surface area contributed by atoms with Crippen LogP contribution in [0.2, 0.25) is 0 Å². The van der Waals surface area contributed by atoms with Gasteiger partial charge in [-0.05, 0) is 93.8 Å². The molecule has 1 aliphatic rings. The van der Waals surface area contributed by atoms with E-state index in [1.165, 1.54) is 4.90 Å². The molecule has 0 aromatic heterocycles. The molecule has 0 saturated carbocycles. The van der Waals surface area contributed by atoms with Crippen molar-refractivity contribution in [3.05, 3.63) is 71.8 Å². The van der Waals surface area contributed by atoms with Gasteiger partial charge in [-0.2, -0.15) is 12.6 Å². The lowest BCUT2D eigenvalue weighted by Crippen LogP contribution is -2.61. The summed E-state index contributed by atoms with van der Waals surface area (Å²) in [5.41, 5.74) is 29.5. The highest BCUT2D eigenvalue weighted by atomic mass is 32.1. The Hall–Kier alpha value is -7.36. The minimum Gasteiger partial charge on any atom is -0.480 e. The molecular weight excluding hydrogens is 1100 g/mol. The lowest BCUT2D eigenvalue weighted by Gasteiger charge is -2.32. The second-order valence-electron chi connectivity index (χ2n) is 21.4. The molecular formula is C57H91N15O11S. The molecule has 466 valence electrons. The summed E-state index contributed by atoms with van der Waals surface area (Å²) in [7, 11) is 0. The van der Waals surface area contributed by atoms with Crippen molar-refractivity contribution in [2.75, 3.05) is 38.5 Å². The number of benzene rings is 2. The SMILES string of the molecule is CC[C@H](C)[C@H](NC(=O)[C@@H](NC(=O)[C@@H]1CCCN1C(=O)[C@H](Cc1ccccc1)NC(=O)[C@H](CS)NC(=O)[C@H](CCCN=C(N)N)NC(=O)[C@@H](N)CCCCN)C(C)C)C(=O)N[C@@H](Cc1ccccc1)C(=O)NCC(=O)N[C@@H](CCCCN)C(=O)O. The molecule has 2 aromatic carbocycles. The molecule has 0 bridgehead atoms. The zero-order valence-corrected chi connectivity index (χ0v) is 49.7. The molecule has 1 fully saturated rings. The van der Waals surface area contributed by atoms with E-state index in [1.54, 1.807) is 81.4 Å². The van der Waals surface area contributed by atoms with Crippen LogP contribution in [0, 0.1) is 11.8 Å². The quantitative estimate of drug-likeness (QED) is 0.0155. The summed E-state index contributed by atoms with van der Waals surface area (Å²) in [6.07, 6.45) is 4.02. The number of hydrogen-bond acceptors (Lipinski definition) is 15. The summed E-state index contributed by atoms with van der Waals surface area (Å²) in [6.45, 7) is 7.38. The second kappa shape index (κ2) is 37.8. The number of carboxylic acid groups (broad SMARTS) is 1. The minimum absolute atomic E-state index is 0.0146. The second-order valence-corrected chi connectivity index (χ2v) is 21.8. The minimum atomic E-state index is -1.31. The Morgan fingerprint density at radius 1 is 0.631 bits per heavy atom. The molecule has 1 heterocycles. The van der Waals surface area contributed by atoms with E-state index in [0.717, 1.165) is 0 Å². The fraction of sp³-hybridized carbons (Fsp3) is 0.596. The van der Waals surface area contributed by atoms with Crippen molar-refractivity contribution in [2.24, 2.45) is 45.5 Å². The maximum Gasteiger partial charge on any atom is 0.326 e. The zero-order chi connectivity index (χ0) is 62.3. The average molecular weight is 1190 g/mol. The lowest BCUT2D eigenvalue weighted by molar-refractivity contribution is -0.142. The van der Waals surface area contributed by atoms with Crippen molar-refractivity contribution >= 4 is 77.7 Å². The molecule has 1 saturated heterocycles. The molecule has 27 heteroatoms. The molecule has 2 aromatic rings. The highest BCUT2D eigenvalue weighted by molar-refractivity contribution is 7.80. The van der Waals surface area contributed by atoms with E-state index < -0.39 is 132 Å². The van der Waals surface area contributed by atoms with Crippen LogP contribution in [0.15, 0.2) is 65.7 Å². The molecule has 0 radical (unpaired) electrons. The van der Waals surface area contributed by atoms with E-state index >= 15 is 0 Å². The lowest BCUT2D eigenvalue weighted by atomic mass is 9.95. The molecule has 84 heavy (non-hydrogen) atoms. The number of aliphatic imine (C=N–C) groups is 1. The average Bonchev–Trinajstić information content (AvgIpc) is 3.69. The number of nitrogens with zero attached hydrogens (tertiary/aromatic N) is 2. The van der Waals surface area contributed by atoms with Gasteiger partial charge in [-0.25, -0.2) is 4.79 Å². The van der Waals surface area contributed by atoms with Gasteiger partial charge in [0.2, 0.25) is 53.2 Å². The monoisotopic (exact) mass is 1190 g/mol. The number of nitrogens with one attached hydrogen (secondary N) is 8. The number of nitrogens with two attached hydrogens (primary N) is 5. The van der Waals surface area contributed by atoms with Crippen molar-refractivity contribution in [2.45, 2.75) is 166 Å². The third-order valence-corrected chi connectivity index (χ3v) is 14.8. The summed E-state index contributed by atoms with van der Waals surface area (Å²) in [4.78, 5) is 143. The van der Waals surface area contributed by atoms with Crippen LogP contribution in [0.25, 0.3) is 0 Å². The van der Waals surface area contributed by atoms with E-state index in [-0.39, 0.29) is 63.3 Å². The topological polar surface area (TPSA) is 433 Å². The molecule has 9 amide bonds. The van der Waals surface area contributed by atoms with Crippen molar-refractivity contribution in [1.29, 1.82) is 0 Å². The Morgan fingerprint density at radius 2 is 1.17 bits per heavy atom. The fourth-order valence-electron chi connectivity index (χ4n) is 9.32. The predicted molar refractivity (Wildman–Crippen MR) is 321 cm³/mol. The number of carboxylic acids is 1. The highest BCUT2D eigenvalue weighted by Gasteiger charge is 2.41. The third-order valence-electron chi connectivity index (χ3n) is 14.4. The first kappa shape index (κ1) is 70.9. The first-order valence-electron chi connectivity index (χ1n) is 28.9. The molecule has 10 atom stereocenters. The van der Waals surface area contributed by atoms with Crippen LogP contribution in [0.4, 0.5) is 0 Å². The number of amides is 9. The van der Waals surface area contributed by atoms with Gasteiger partial charge in [0, 0.05) is 31.7 Å². The van der Waals surface area contributed by atoms with Crippen molar-refractivity contribution in [3.8, 4) is 0 Å². The zero-order valence-electron chi connectivity index (χ0n) is 48.8. The highest BCUT2D eigenvalue weighted by Crippen LogP contribution is 2.22.